The molecule has 5 heteroatoms. The molecule has 2 rings (SSSR count). The lowest BCUT2D eigenvalue weighted by Gasteiger charge is -2.07. The zero-order valence-electron chi connectivity index (χ0n) is 12.9. The number of hydrogen-bond donors (Lipinski definition) is 1. The first kappa shape index (κ1) is 16.2. The number of amides is 1. The van der Waals surface area contributed by atoms with Gasteiger partial charge in [-0.3, -0.25) is 4.79 Å². The van der Waals surface area contributed by atoms with E-state index in [-0.39, 0.29) is 11.7 Å². The molecule has 1 heterocycles. The van der Waals surface area contributed by atoms with Gasteiger partial charge < -0.3 is 14.6 Å². The third-order valence-electron chi connectivity index (χ3n) is 3.46. The van der Waals surface area contributed by atoms with Gasteiger partial charge >= 0.3 is 0 Å². The maximum atomic E-state index is 13.0. The van der Waals surface area contributed by atoms with Crippen LogP contribution in [0, 0.1) is 5.82 Å². The summed E-state index contributed by atoms with van der Waals surface area (Å²) in [6.07, 6.45) is 2.69. The van der Waals surface area contributed by atoms with Gasteiger partial charge in [0.2, 0.25) is 0 Å². The minimum atomic E-state index is -0.269. The van der Waals surface area contributed by atoms with Crippen molar-refractivity contribution in [1.29, 1.82) is 0 Å². The predicted octanol–water partition coefficient (Wildman–Crippen LogP) is 3.08. The first-order valence-electron chi connectivity index (χ1n) is 7.39. The van der Waals surface area contributed by atoms with Crippen LogP contribution in [0.3, 0.4) is 0 Å². The Morgan fingerprint density at radius 2 is 2.00 bits per heavy atom. The third kappa shape index (κ3) is 3.95. The van der Waals surface area contributed by atoms with E-state index in [1.165, 1.54) is 12.1 Å². The van der Waals surface area contributed by atoms with E-state index in [4.69, 9.17) is 4.74 Å². The van der Waals surface area contributed by atoms with Crippen LogP contribution in [0.25, 0.3) is 11.1 Å². The van der Waals surface area contributed by atoms with Gasteiger partial charge in [-0.2, -0.15) is 0 Å². The molecule has 22 heavy (non-hydrogen) atoms. The SMILES string of the molecule is CCn1cc(-c2ccc(F)cc2)cc1C(=O)NCCCOC. The molecular weight excluding hydrogens is 283 g/mol. The number of rotatable bonds is 7. The quantitative estimate of drug-likeness (QED) is 0.799. The van der Waals surface area contributed by atoms with Crippen molar-refractivity contribution in [3.05, 3.63) is 48.0 Å². The summed E-state index contributed by atoms with van der Waals surface area (Å²) < 4.78 is 19.9. The molecule has 0 aliphatic carbocycles. The highest BCUT2D eigenvalue weighted by Gasteiger charge is 2.13. The highest BCUT2D eigenvalue weighted by Crippen LogP contribution is 2.22. The van der Waals surface area contributed by atoms with Gasteiger partial charge in [0.1, 0.15) is 11.5 Å². The standard InChI is InChI=1S/C17H21FN2O2/c1-3-20-12-14(13-5-7-15(18)8-6-13)11-16(20)17(21)19-9-4-10-22-2/h5-8,11-12H,3-4,9-10H2,1-2H3,(H,19,21). The second-order valence-electron chi connectivity index (χ2n) is 5.01. The molecule has 0 spiro atoms. The maximum Gasteiger partial charge on any atom is 0.267 e. The highest BCUT2D eigenvalue weighted by molar-refractivity contribution is 5.94. The molecular formula is C17H21FN2O2. The molecule has 1 aromatic heterocycles. The van der Waals surface area contributed by atoms with Crippen molar-refractivity contribution in [2.75, 3.05) is 20.3 Å². The Morgan fingerprint density at radius 1 is 1.27 bits per heavy atom. The van der Waals surface area contributed by atoms with Crippen LogP contribution in [0.15, 0.2) is 36.5 Å². The third-order valence-corrected chi connectivity index (χ3v) is 3.46. The van der Waals surface area contributed by atoms with Gasteiger partial charge in [-0.15, -0.1) is 0 Å². The molecule has 0 saturated heterocycles. The Morgan fingerprint density at radius 3 is 2.64 bits per heavy atom. The molecule has 1 N–H and O–H groups in total. The summed E-state index contributed by atoms with van der Waals surface area (Å²) in [5.41, 5.74) is 2.41. The van der Waals surface area contributed by atoms with E-state index in [0.717, 1.165) is 17.5 Å². The Balaban J connectivity index is 2.14. The Labute approximate surface area is 129 Å². The van der Waals surface area contributed by atoms with Crippen LogP contribution in [0.1, 0.15) is 23.8 Å². The van der Waals surface area contributed by atoms with Gasteiger partial charge in [0.05, 0.1) is 0 Å². The lowest BCUT2D eigenvalue weighted by molar-refractivity contribution is 0.0939. The van der Waals surface area contributed by atoms with E-state index >= 15 is 0 Å². The van der Waals surface area contributed by atoms with Crippen LogP contribution >= 0.6 is 0 Å². The number of hydrogen-bond acceptors (Lipinski definition) is 2. The average molecular weight is 304 g/mol. The zero-order chi connectivity index (χ0) is 15.9. The molecule has 0 bridgehead atoms. The van der Waals surface area contributed by atoms with E-state index in [9.17, 15) is 9.18 Å². The van der Waals surface area contributed by atoms with Crippen molar-refractivity contribution < 1.29 is 13.9 Å². The Kier molecular flexibility index (Phi) is 5.72. The number of ether oxygens (including phenoxy) is 1. The van der Waals surface area contributed by atoms with Crippen LogP contribution in [0.2, 0.25) is 0 Å². The molecule has 0 fully saturated rings. The normalized spacial score (nSPS) is 10.7. The Hall–Kier alpha value is -2.14. The fraction of sp³-hybridized carbons (Fsp3) is 0.353. The van der Waals surface area contributed by atoms with Crippen LogP contribution < -0.4 is 5.32 Å². The first-order valence-corrected chi connectivity index (χ1v) is 7.39. The smallest absolute Gasteiger partial charge is 0.267 e. The van der Waals surface area contributed by atoms with Crippen molar-refractivity contribution in [2.24, 2.45) is 0 Å². The van der Waals surface area contributed by atoms with Crippen molar-refractivity contribution in [3.8, 4) is 11.1 Å². The molecule has 2 aromatic rings. The van der Waals surface area contributed by atoms with Crippen LogP contribution in [-0.2, 0) is 11.3 Å². The number of methoxy groups -OCH3 is 1. The van der Waals surface area contributed by atoms with Crippen molar-refractivity contribution in [1.82, 2.24) is 9.88 Å². The molecule has 0 atom stereocenters. The predicted molar refractivity (Wildman–Crippen MR) is 84.3 cm³/mol. The minimum absolute atomic E-state index is 0.105. The second-order valence-corrected chi connectivity index (χ2v) is 5.01. The van der Waals surface area contributed by atoms with Gasteiger partial charge in [0.15, 0.2) is 0 Å². The summed E-state index contributed by atoms with van der Waals surface area (Å²) in [7, 11) is 1.64. The van der Waals surface area contributed by atoms with Gasteiger partial charge in [0, 0.05) is 38.6 Å². The number of nitrogens with one attached hydrogen (secondary N) is 1. The van der Waals surface area contributed by atoms with E-state index in [1.54, 1.807) is 19.2 Å². The van der Waals surface area contributed by atoms with Crippen molar-refractivity contribution >= 4 is 5.91 Å². The topological polar surface area (TPSA) is 43.3 Å². The highest BCUT2D eigenvalue weighted by atomic mass is 19.1. The lowest BCUT2D eigenvalue weighted by atomic mass is 10.1. The first-order chi connectivity index (χ1) is 10.7. The van der Waals surface area contributed by atoms with Crippen LogP contribution in [0.4, 0.5) is 4.39 Å². The minimum Gasteiger partial charge on any atom is -0.385 e. The number of halogens is 1. The summed E-state index contributed by atoms with van der Waals surface area (Å²) in [5, 5.41) is 2.88. The Bertz CT molecular complexity index is 620. The van der Waals surface area contributed by atoms with Crippen LogP contribution in [-0.4, -0.2) is 30.7 Å². The molecule has 0 radical (unpaired) electrons. The number of benzene rings is 1. The van der Waals surface area contributed by atoms with Gasteiger partial charge in [0.25, 0.3) is 5.91 Å². The number of aromatic nitrogens is 1. The van der Waals surface area contributed by atoms with E-state index < -0.39 is 0 Å². The number of carbonyl (C=O) groups excluding carboxylic acids is 1. The molecule has 0 aliphatic rings. The summed E-state index contributed by atoms with van der Waals surface area (Å²) >= 11 is 0. The van der Waals surface area contributed by atoms with E-state index in [2.05, 4.69) is 5.32 Å². The van der Waals surface area contributed by atoms with E-state index in [1.807, 2.05) is 23.8 Å². The van der Waals surface area contributed by atoms with Crippen molar-refractivity contribution in [2.45, 2.75) is 19.9 Å². The largest absolute Gasteiger partial charge is 0.385 e. The second kappa shape index (κ2) is 7.75. The fourth-order valence-corrected chi connectivity index (χ4v) is 2.27. The number of nitrogens with zero attached hydrogens (tertiary/aromatic N) is 1. The molecule has 118 valence electrons. The average Bonchev–Trinajstić information content (AvgIpc) is 2.96. The summed E-state index contributed by atoms with van der Waals surface area (Å²) in [6.45, 7) is 3.88. The van der Waals surface area contributed by atoms with E-state index in [0.29, 0.717) is 25.4 Å². The zero-order valence-corrected chi connectivity index (χ0v) is 12.9. The summed E-state index contributed by atoms with van der Waals surface area (Å²) in [4.78, 5) is 12.3. The number of carbonyl (C=O) groups is 1. The van der Waals surface area contributed by atoms with Gasteiger partial charge in [-0.25, -0.2) is 4.39 Å². The summed E-state index contributed by atoms with van der Waals surface area (Å²) in [5.74, 6) is -0.374. The fourth-order valence-electron chi connectivity index (χ4n) is 2.27. The van der Waals surface area contributed by atoms with Gasteiger partial charge in [-0.1, -0.05) is 12.1 Å². The summed E-state index contributed by atoms with van der Waals surface area (Å²) in [6, 6.07) is 8.10. The molecule has 0 aliphatic heterocycles. The molecule has 4 nitrogen and oxygen atoms in total. The van der Waals surface area contributed by atoms with Gasteiger partial charge in [-0.05, 0) is 37.1 Å². The molecule has 1 amide bonds. The van der Waals surface area contributed by atoms with Crippen molar-refractivity contribution in [3.63, 3.8) is 0 Å². The maximum absolute atomic E-state index is 13.0. The monoisotopic (exact) mass is 304 g/mol. The lowest BCUT2D eigenvalue weighted by Crippen LogP contribution is -2.27. The molecule has 0 unspecified atom stereocenters. The molecule has 0 saturated carbocycles. The number of aryl methyl sites for hydroxylation is 1. The van der Waals surface area contributed by atoms with Crippen LogP contribution in [0.5, 0.6) is 0 Å². The molecule has 1 aromatic carbocycles.